The normalized spacial score (nSPS) is 26.9. The van der Waals surface area contributed by atoms with Gasteiger partial charge in [0.15, 0.2) is 0 Å². The quantitative estimate of drug-likeness (QED) is 0.877. The van der Waals surface area contributed by atoms with Gasteiger partial charge in [-0.15, -0.1) is 0 Å². The van der Waals surface area contributed by atoms with Gasteiger partial charge in [0.25, 0.3) is 0 Å². The van der Waals surface area contributed by atoms with Crippen molar-refractivity contribution in [3.63, 3.8) is 0 Å². The molecule has 1 aromatic rings. The molecule has 2 N–H and O–H groups in total. The van der Waals surface area contributed by atoms with Crippen molar-refractivity contribution in [3.8, 4) is 0 Å². The van der Waals surface area contributed by atoms with E-state index in [1.165, 1.54) is 12.8 Å². The first-order chi connectivity index (χ1) is 10.7. The predicted octanol–water partition coefficient (Wildman–Crippen LogP) is 3.27. The van der Waals surface area contributed by atoms with Gasteiger partial charge in [-0.1, -0.05) is 49.6 Å². The molecule has 1 aromatic carbocycles. The molecule has 122 valence electrons. The molecule has 2 fully saturated rings. The summed E-state index contributed by atoms with van der Waals surface area (Å²) in [5.41, 5.74) is 0.518. The van der Waals surface area contributed by atoms with Crippen LogP contribution in [0.4, 0.5) is 0 Å². The first-order valence-corrected chi connectivity index (χ1v) is 8.86. The summed E-state index contributed by atoms with van der Waals surface area (Å²) in [6.45, 7) is 1.85. The lowest BCUT2D eigenvalue weighted by Crippen LogP contribution is -2.46. The summed E-state index contributed by atoms with van der Waals surface area (Å²) in [5, 5.41) is 21.3. The van der Waals surface area contributed by atoms with Crippen LogP contribution < -0.4 is 0 Å². The van der Waals surface area contributed by atoms with Gasteiger partial charge in [0.1, 0.15) is 0 Å². The van der Waals surface area contributed by atoms with E-state index in [2.05, 4.69) is 4.90 Å². The fourth-order valence-corrected chi connectivity index (χ4v) is 4.19. The molecule has 0 spiro atoms. The van der Waals surface area contributed by atoms with Gasteiger partial charge in [-0.25, -0.2) is 0 Å². The van der Waals surface area contributed by atoms with Gasteiger partial charge in [-0.05, 0) is 44.2 Å². The molecule has 1 saturated heterocycles. The van der Waals surface area contributed by atoms with E-state index in [0.29, 0.717) is 6.04 Å². The van der Waals surface area contributed by atoms with Crippen molar-refractivity contribution in [3.05, 3.63) is 35.9 Å². The molecule has 1 aliphatic carbocycles. The second kappa shape index (κ2) is 7.12. The van der Waals surface area contributed by atoms with Crippen molar-refractivity contribution >= 4 is 0 Å². The number of hydrogen-bond donors (Lipinski definition) is 2. The first-order valence-electron chi connectivity index (χ1n) is 8.86. The maximum atomic E-state index is 10.8. The van der Waals surface area contributed by atoms with Gasteiger partial charge < -0.3 is 10.2 Å². The lowest BCUT2D eigenvalue weighted by atomic mass is 9.84. The second-order valence-electron chi connectivity index (χ2n) is 7.21. The molecule has 0 bridgehead atoms. The van der Waals surface area contributed by atoms with Crippen LogP contribution in [-0.2, 0) is 0 Å². The molecule has 3 rings (SSSR count). The summed E-state index contributed by atoms with van der Waals surface area (Å²) in [4.78, 5) is 2.43. The highest BCUT2D eigenvalue weighted by atomic mass is 16.3. The Hall–Kier alpha value is -0.900. The van der Waals surface area contributed by atoms with E-state index in [9.17, 15) is 10.2 Å². The Morgan fingerprint density at radius 1 is 1.09 bits per heavy atom. The lowest BCUT2D eigenvalue weighted by Gasteiger charge is -2.38. The predicted molar refractivity (Wildman–Crippen MR) is 88.6 cm³/mol. The van der Waals surface area contributed by atoms with E-state index < -0.39 is 11.7 Å². The molecular formula is C19H29NO2. The smallest absolute Gasteiger partial charge is 0.0805 e. The highest BCUT2D eigenvalue weighted by molar-refractivity contribution is 5.17. The van der Waals surface area contributed by atoms with Crippen molar-refractivity contribution in [2.24, 2.45) is 0 Å². The number of likely N-dealkylation sites (tertiary alicyclic amines) is 1. The van der Waals surface area contributed by atoms with Crippen LogP contribution in [0, 0.1) is 0 Å². The molecule has 22 heavy (non-hydrogen) atoms. The lowest BCUT2D eigenvalue weighted by molar-refractivity contribution is -0.0328. The molecule has 0 amide bonds. The summed E-state index contributed by atoms with van der Waals surface area (Å²) in [6, 6.07) is 10.3. The summed E-state index contributed by atoms with van der Waals surface area (Å²) in [6.07, 6.45) is 8.16. The van der Waals surface area contributed by atoms with Crippen LogP contribution >= 0.6 is 0 Å². The highest BCUT2D eigenvalue weighted by Gasteiger charge is 2.36. The van der Waals surface area contributed by atoms with E-state index in [1.54, 1.807) is 0 Å². The Morgan fingerprint density at radius 3 is 2.55 bits per heavy atom. The second-order valence-corrected chi connectivity index (χ2v) is 7.21. The van der Waals surface area contributed by atoms with Gasteiger partial charge in [-0.3, -0.25) is 4.90 Å². The molecule has 2 aliphatic rings. The third-order valence-electron chi connectivity index (χ3n) is 5.46. The van der Waals surface area contributed by atoms with Crippen LogP contribution in [0.5, 0.6) is 0 Å². The van der Waals surface area contributed by atoms with Gasteiger partial charge >= 0.3 is 0 Å². The third kappa shape index (κ3) is 3.89. The zero-order chi connectivity index (χ0) is 15.4. The van der Waals surface area contributed by atoms with Crippen LogP contribution in [0.25, 0.3) is 0 Å². The third-order valence-corrected chi connectivity index (χ3v) is 5.46. The van der Waals surface area contributed by atoms with E-state index in [1.807, 2.05) is 30.3 Å². The largest absolute Gasteiger partial charge is 0.389 e. The molecule has 1 saturated carbocycles. The minimum atomic E-state index is -0.488. The number of rotatable bonds is 5. The number of benzene rings is 1. The maximum absolute atomic E-state index is 10.8. The standard InChI is InChI=1S/C19H29NO2/c21-18(16-8-3-1-4-9-16)14-17-10-7-13-20(17)15-19(22)11-5-2-6-12-19/h1,3-4,8-9,17-18,21-22H,2,5-7,10-15H2. The van der Waals surface area contributed by atoms with Crippen LogP contribution in [0.3, 0.4) is 0 Å². The Balaban J connectivity index is 1.58. The zero-order valence-corrected chi connectivity index (χ0v) is 13.5. The summed E-state index contributed by atoms with van der Waals surface area (Å²) in [5.74, 6) is 0. The molecule has 3 heteroatoms. The highest BCUT2D eigenvalue weighted by Crippen LogP contribution is 2.33. The monoisotopic (exact) mass is 303 g/mol. The molecule has 0 aromatic heterocycles. The van der Waals surface area contributed by atoms with Crippen LogP contribution in [-0.4, -0.2) is 39.8 Å². The minimum Gasteiger partial charge on any atom is -0.389 e. The summed E-state index contributed by atoms with van der Waals surface area (Å²) in [7, 11) is 0. The molecule has 2 unspecified atom stereocenters. The van der Waals surface area contributed by atoms with E-state index in [-0.39, 0.29) is 0 Å². The first kappa shape index (κ1) is 16.0. The fraction of sp³-hybridized carbons (Fsp3) is 0.684. The SMILES string of the molecule is OC(CC1CCCN1CC1(O)CCCCC1)c1ccccc1. The molecule has 1 heterocycles. The Morgan fingerprint density at radius 2 is 1.82 bits per heavy atom. The molecule has 0 radical (unpaired) electrons. The fourth-order valence-electron chi connectivity index (χ4n) is 4.19. The summed E-state index contributed by atoms with van der Waals surface area (Å²) < 4.78 is 0. The van der Waals surface area contributed by atoms with Crippen molar-refractivity contribution < 1.29 is 10.2 Å². The Labute approximate surface area is 134 Å². The van der Waals surface area contributed by atoms with Gasteiger partial charge in [0, 0.05) is 12.6 Å². The van der Waals surface area contributed by atoms with Crippen molar-refractivity contribution in [1.82, 2.24) is 4.90 Å². The van der Waals surface area contributed by atoms with Gasteiger partial charge in [0.2, 0.25) is 0 Å². The number of nitrogens with zero attached hydrogens (tertiary/aromatic N) is 1. The van der Waals surface area contributed by atoms with Crippen molar-refractivity contribution in [1.29, 1.82) is 0 Å². The molecule has 2 atom stereocenters. The van der Waals surface area contributed by atoms with E-state index in [0.717, 1.165) is 57.2 Å². The van der Waals surface area contributed by atoms with Crippen LogP contribution in [0.15, 0.2) is 30.3 Å². The number of hydrogen-bond acceptors (Lipinski definition) is 3. The van der Waals surface area contributed by atoms with Crippen molar-refractivity contribution in [2.75, 3.05) is 13.1 Å². The minimum absolute atomic E-state index is 0.396. The number of aliphatic hydroxyl groups is 2. The molecular weight excluding hydrogens is 274 g/mol. The average Bonchev–Trinajstić information content (AvgIpc) is 2.95. The Bertz CT molecular complexity index is 456. The molecule has 3 nitrogen and oxygen atoms in total. The van der Waals surface area contributed by atoms with Gasteiger partial charge in [0.05, 0.1) is 11.7 Å². The number of β-amino-alcohol motifs (C(OH)–C–C–N with tert-alkyl or cyclic N) is 1. The van der Waals surface area contributed by atoms with E-state index >= 15 is 0 Å². The maximum Gasteiger partial charge on any atom is 0.0805 e. The average molecular weight is 303 g/mol. The topological polar surface area (TPSA) is 43.7 Å². The van der Waals surface area contributed by atoms with Crippen LogP contribution in [0.1, 0.15) is 63.0 Å². The summed E-state index contributed by atoms with van der Waals surface area (Å²) >= 11 is 0. The van der Waals surface area contributed by atoms with Crippen molar-refractivity contribution in [2.45, 2.75) is 69.1 Å². The van der Waals surface area contributed by atoms with E-state index in [4.69, 9.17) is 0 Å². The number of aliphatic hydroxyl groups excluding tert-OH is 1. The Kier molecular flexibility index (Phi) is 5.17. The van der Waals surface area contributed by atoms with Crippen LogP contribution in [0.2, 0.25) is 0 Å². The zero-order valence-electron chi connectivity index (χ0n) is 13.5. The van der Waals surface area contributed by atoms with Gasteiger partial charge in [-0.2, -0.15) is 0 Å². The molecule has 1 aliphatic heterocycles.